The predicted molar refractivity (Wildman–Crippen MR) is 120 cm³/mol. The fraction of sp³-hybridized carbons (Fsp3) is 0.708. The number of aliphatic hydroxyl groups excluding tert-OH is 3. The van der Waals surface area contributed by atoms with Gasteiger partial charge in [0.1, 0.15) is 12.4 Å². The Morgan fingerprint density at radius 1 is 1.17 bits per heavy atom. The number of aliphatic carboxylic acids is 2. The molecule has 0 radical (unpaired) electrons. The number of rotatable bonds is 7. The van der Waals surface area contributed by atoms with Crippen molar-refractivity contribution in [3.05, 3.63) is 23.5 Å². The van der Waals surface area contributed by atoms with E-state index >= 15 is 0 Å². The number of carbonyl (C=O) groups excluding carboxylic acids is 1. The van der Waals surface area contributed by atoms with Crippen molar-refractivity contribution in [2.75, 3.05) is 13.2 Å². The van der Waals surface area contributed by atoms with Crippen LogP contribution in [-0.4, -0.2) is 62.8 Å². The van der Waals surface area contributed by atoms with E-state index in [1.807, 2.05) is 6.92 Å². The Kier molecular flexibility index (Phi) is 15.1. The van der Waals surface area contributed by atoms with Crippen LogP contribution in [0, 0.1) is 22.7 Å². The first-order valence-corrected chi connectivity index (χ1v) is 11.3. The molecule has 0 aromatic heterocycles. The fourth-order valence-electron chi connectivity index (χ4n) is 5.91. The van der Waals surface area contributed by atoms with Crippen molar-refractivity contribution < 1.29 is 128 Å². The fourth-order valence-corrected chi connectivity index (χ4v) is 5.91. The monoisotopic (exact) mass is 532 g/mol. The molecule has 190 valence electrons. The third-order valence-corrected chi connectivity index (χ3v) is 7.86. The molecule has 2 saturated carbocycles. The summed E-state index contributed by atoms with van der Waals surface area (Å²) in [6.07, 6.45) is 3.49. The van der Waals surface area contributed by atoms with Gasteiger partial charge in [-0.3, -0.25) is 9.59 Å². The zero-order valence-corrected chi connectivity index (χ0v) is 26.5. The van der Waals surface area contributed by atoms with Crippen molar-refractivity contribution >= 4 is 17.9 Å². The van der Waals surface area contributed by atoms with Gasteiger partial charge in [-0.25, -0.2) is 4.79 Å². The molecule has 0 bridgehead atoms. The number of carboxylic acid groups (broad SMARTS) is 2. The summed E-state index contributed by atoms with van der Waals surface area (Å²) in [4.78, 5) is 31.0. The Morgan fingerprint density at radius 2 is 1.74 bits per heavy atom. The van der Waals surface area contributed by atoms with Gasteiger partial charge in [0.15, 0.2) is 0 Å². The number of allylic oxidation sites excluding steroid dienone is 1. The summed E-state index contributed by atoms with van der Waals surface area (Å²) in [5.74, 6) is -2.10. The molecule has 5 atom stereocenters. The molecule has 0 unspecified atom stereocenters. The molecule has 0 aromatic carbocycles. The van der Waals surface area contributed by atoms with Gasteiger partial charge >= 0.3 is 98.8 Å². The molecule has 11 heteroatoms. The van der Waals surface area contributed by atoms with Crippen LogP contribution in [0.2, 0.25) is 0 Å². The molecular formula is C24H38KNaO9. The van der Waals surface area contributed by atoms with Crippen LogP contribution in [0.15, 0.2) is 23.5 Å². The minimum absolute atomic E-state index is 0. The average molecular weight is 533 g/mol. The molecule has 2 aliphatic carbocycles. The van der Waals surface area contributed by atoms with Gasteiger partial charge in [0.2, 0.25) is 0 Å². The van der Waals surface area contributed by atoms with Gasteiger partial charge in [0, 0.05) is 5.41 Å². The second-order valence-electron chi connectivity index (χ2n) is 9.85. The maximum atomic E-state index is 11.8. The van der Waals surface area contributed by atoms with E-state index in [1.54, 1.807) is 0 Å². The number of esters is 1. The zero-order chi connectivity index (χ0) is 25.0. The van der Waals surface area contributed by atoms with Gasteiger partial charge in [-0.15, -0.1) is 0 Å². The van der Waals surface area contributed by atoms with E-state index < -0.39 is 29.4 Å². The summed E-state index contributed by atoms with van der Waals surface area (Å²) in [6.45, 7) is 8.48. The van der Waals surface area contributed by atoms with Crippen LogP contribution in [0.1, 0.15) is 68.1 Å². The number of aliphatic hydroxyl groups is 3. The van der Waals surface area contributed by atoms with Crippen LogP contribution in [-0.2, 0) is 19.1 Å². The average Bonchev–Trinajstić information content (AvgIpc) is 3.07. The minimum Gasteiger partial charge on any atom is -1.00 e. The zero-order valence-electron chi connectivity index (χ0n) is 23.4. The van der Waals surface area contributed by atoms with Crippen molar-refractivity contribution in [3.8, 4) is 0 Å². The topological polar surface area (TPSA) is 162 Å². The summed E-state index contributed by atoms with van der Waals surface area (Å²) in [7, 11) is 0. The van der Waals surface area contributed by atoms with E-state index in [-0.39, 0.29) is 133 Å². The van der Waals surface area contributed by atoms with E-state index in [0.717, 1.165) is 25.7 Å². The van der Waals surface area contributed by atoms with Crippen LogP contribution in [0.3, 0.4) is 0 Å². The van der Waals surface area contributed by atoms with Gasteiger partial charge in [0.25, 0.3) is 0 Å². The van der Waals surface area contributed by atoms with E-state index in [4.69, 9.17) is 14.9 Å². The summed E-state index contributed by atoms with van der Waals surface area (Å²) in [5.41, 5.74) is 1.01. The van der Waals surface area contributed by atoms with Crippen LogP contribution >= 0.6 is 0 Å². The van der Waals surface area contributed by atoms with Gasteiger partial charge in [-0.2, -0.15) is 0 Å². The van der Waals surface area contributed by atoms with E-state index in [2.05, 4.69) is 13.5 Å². The molecule has 5 N–H and O–H groups in total. The molecule has 9 nitrogen and oxygen atoms in total. The minimum atomic E-state index is -1.08. The maximum absolute atomic E-state index is 11.8. The smallest absolute Gasteiger partial charge is 1.00 e. The predicted octanol–water partition coefficient (Wildman–Crippen LogP) is -2.95. The van der Waals surface area contributed by atoms with E-state index in [0.29, 0.717) is 18.4 Å². The molecule has 1 heterocycles. The van der Waals surface area contributed by atoms with Crippen LogP contribution in [0.25, 0.3) is 0 Å². The third kappa shape index (κ3) is 8.36. The van der Waals surface area contributed by atoms with Gasteiger partial charge in [-0.1, -0.05) is 26.0 Å². The number of ether oxygens (including phenoxy) is 1. The first kappa shape index (κ1) is 35.2. The van der Waals surface area contributed by atoms with E-state index in [1.165, 1.54) is 5.57 Å². The van der Waals surface area contributed by atoms with Crippen molar-refractivity contribution in [1.29, 1.82) is 0 Å². The molecule has 3 rings (SSSR count). The van der Waals surface area contributed by atoms with Crippen LogP contribution in [0.5, 0.6) is 0 Å². The number of fused-ring (bicyclic) bond motifs is 1. The Hall–Kier alpha value is 0.246. The van der Waals surface area contributed by atoms with E-state index in [9.17, 15) is 29.7 Å². The second-order valence-corrected chi connectivity index (χ2v) is 9.85. The first-order valence-electron chi connectivity index (χ1n) is 11.3. The second kappa shape index (κ2) is 15.0. The van der Waals surface area contributed by atoms with Crippen molar-refractivity contribution in [3.63, 3.8) is 0 Å². The Morgan fingerprint density at radius 3 is 2.20 bits per heavy atom. The normalized spacial score (nSPS) is 31.7. The van der Waals surface area contributed by atoms with Crippen molar-refractivity contribution in [1.82, 2.24) is 0 Å². The largest absolute Gasteiger partial charge is 1.00 e. The first-order chi connectivity index (χ1) is 15.4. The quantitative estimate of drug-likeness (QED) is 0.131. The Bertz CT molecular complexity index is 827. The molecule has 1 aliphatic heterocycles. The summed E-state index contributed by atoms with van der Waals surface area (Å²) in [5, 5.41) is 46.2. The molecule has 2 fully saturated rings. The number of carboxylic acids is 2. The number of hydrogen-bond donors (Lipinski definition) is 5. The maximum Gasteiger partial charge on any atom is 1.00 e. The standard InChI is InChI=1S/C20H30O5.C4H6O4.K.Na.2H/c1-12-4-7-16-19(2,9-8-17(23)20(16,3)11-21)14(12)6-5-13-15(22)10-25-18(13)24;5-3(6)1-2-4(7)8;;;;/h14,16-17,21-23H,1,4-11H2,2-3H3;1-2H2,(H,5,6)(H,7,8);;;;/q;;2*+1;2*-1/t14-,16+,17-,19+,20+;;;;;/m1...../s1. The summed E-state index contributed by atoms with van der Waals surface area (Å²) >= 11 is 0. The molecule has 0 spiro atoms. The van der Waals surface area contributed by atoms with Crippen molar-refractivity contribution in [2.24, 2.45) is 22.7 Å². The van der Waals surface area contributed by atoms with Gasteiger partial charge in [-0.05, 0) is 55.8 Å². The van der Waals surface area contributed by atoms with Gasteiger partial charge in [0.05, 0.1) is 31.1 Å². The molecule has 35 heavy (non-hydrogen) atoms. The number of hydrogen-bond acceptors (Lipinski definition) is 7. The molecule has 0 saturated heterocycles. The molecular weight excluding hydrogens is 494 g/mol. The third-order valence-electron chi connectivity index (χ3n) is 7.86. The number of carbonyl (C=O) groups is 3. The molecule has 3 aliphatic rings. The van der Waals surface area contributed by atoms with Crippen molar-refractivity contribution in [2.45, 2.75) is 71.3 Å². The SMILES string of the molecule is C=C1CC[C@@H]2[C@](C)(CO)[C@H](O)CC[C@@]2(C)[C@@H]1CCC1=C(O)COC1=O.O=C(O)CCC(=O)O.[H-].[H-].[K+].[Na+]. The molecule has 0 aromatic rings. The van der Waals surface area contributed by atoms with Crippen LogP contribution in [0.4, 0.5) is 0 Å². The Labute approximate surface area is 274 Å². The Balaban J connectivity index is -0.000000847. The number of cyclic esters (lactones) is 1. The van der Waals surface area contributed by atoms with Gasteiger partial charge < -0.3 is 33.1 Å². The summed E-state index contributed by atoms with van der Waals surface area (Å²) in [6, 6.07) is 0. The summed E-state index contributed by atoms with van der Waals surface area (Å²) < 4.78 is 4.89. The molecule has 0 amide bonds. The van der Waals surface area contributed by atoms with Crippen LogP contribution < -0.4 is 80.9 Å².